The van der Waals surface area contributed by atoms with E-state index in [1.165, 1.54) is 6.92 Å². The number of aromatic amines is 1. The molecule has 2 aromatic carbocycles. The number of hydrogen-bond acceptors (Lipinski definition) is 7. The quantitative estimate of drug-likeness (QED) is 0.255. The van der Waals surface area contributed by atoms with Gasteiger partial charge in [-0.1, -0.05) is 18.2 Å². The summed E-state index contributed by atoms with van der Waals surface area (Å²) in [5, 5.41) is 22.5. The number of hydrogen-bond donors (Lipinski definition) is 5. The van der Waals surface area contributed by atoms with Gasteiger partial charge in [-0.15, -0.1) is 12.4 Å². The number of anilines is 3. The molecule has 0 radical (unpaired) electrons. The summed E-state index contributed by atoms with van der Waals surface area (Å²) < 4.78 is 0. The molecule has 0 amide bonds. The molecule has 6 N–H and O–H groups in total. The van der Waals surface area contributed by atoms with Crippen molar-refractivity contribution in [2.45, 2.75) is 13.8 Å². The van der Waals surface area contributed by atoms with Crippen molar-refractivity contribution in [3.05, 3.63) is 69.1 Å². The summed E-state index contributed by atoms with van der Waals surface area (Å²) in [4.78, 5) is 43.1. The van der Waals surface area contributed by atoms with E-state index in [9.17, 15) is 14.4 Å². The van der Waals surface area contributed by atoms with Gasteiger partial charge in [-0.25, -0.2) is 14.6 Å². The molecule has 36 heavy (non-hydrogen) atoms. The number of H-pyrrole nitrogens is 1. The van der Waals surface area contributed by atoms with Crippen LogP contribution in [0.3, 0.4) is 0 Å². The number of carboxylic acids is 2. The molecule has 0 fully saturated rings. The molecule has 0 unspecified atom stereocenters. The summed E-state index contributed by atoms with van der Waals surface area (Å²) in [6.07, 6.45) is 0. The molecular formula is C25H28ClN5O5. The first-order chi connectivity index (χ1) is 16.5. The number of benzene rings is 2. The van der Waals surface area contributed by atoms with Gasteiger partial charge in [0.1, 0.15) is 5.69 Å². The highest BCUT2D eigenvalue weighted by atomic mass is 35.5. The molecule has 2 heterocycles. The zero-order valence-corrected chi connectivity index (χ0v) is 21.3. The number of carboxylic acid groups (broad SMARTS) is 2. The van der Waals surface area contributed by atoms with Gasteiger partial charge in [0.2, 0.25) is 0 Å². The fourth-order valence-electron chi connectivity index (χ4n) is 3.92. The highest BCUT2D eigenvalue weighted by Crippen LogP contribution is 2.30. The van der Waals surface area contributed by atoms with E-state index in [1.54, 1.807) is 32.2 Å². The number of carbonyl (C=O) groups is 2. The van der Waals surface area contributed by atoms with Crippen molar-refractivity contribution < 1.29 is 19.8 Å². The zero-order valence-electron chi connectivity index (χ0n) is 20.5. The number of para-hydroxylation sites is 2. The summed E-state index contributed by atoms with van der Waals surface area (Å²) >= 11 is 0. The molecule has 0 saturated heterocycles. The fourth-order valence-corrected chi connectivity index (χ4v) is 3.92. The third-order valence-corrected chi connectivity index (χ3v) is 5.69. The van der Waals surface area contributed by atoms with Crippen LogP contribution < -0.4 is 21.4 Å². The summed E-state index contributed by atoms with van der Waals surface area (Å²) in [5.41, 5.74) is 9.45. The maximum Gasteiger partial charge on any atom is 0.354 e. The number of rotatable bonds is 4. The molecule has 0 atom stereocenters. The minimum absolute atomic E-state index is 0. The summed E-state index contributed by atoms with van der Waals surface area (Å²) in [6.45, 7) is 3.25. The number of pyridine rings is 2. The van der Waals surface area contributed by atoms with Crippen LogP contribution in [0.1, 0.15) is 32.1 Å². The second-order valence-electron chi connectivity index (χ2n) is 8.11. The van der Waals surface area contributed by atoms with E-state index in [0.717, 1.165) is 16.8 Å². The minimum atomic E-state index is -1.12. The average molecular weight is 514 g/mol. The van der Waals surface area contributed by atoms with Crippen LogP contribution >= 0.6 is 12.4 Å². The number of nitrogens with one attached hydrogen (secondary N) is 2. The number of aromatic nitrogens is 2. The Morgan fingerprint density at radius 1 is 1.00 bits per heavy atom. The van der Waals surface area contributed by atoms with Gasteiger partial charge in [0.15, 0.2) is 11.1 Å². The Hall–Kier alpha value is -4.31. The highest BCUT2D eigenvalue weighted by molar-refractivity contribution is 6.03. The molecule has 0 aliphatic rings. The first-order valence-corrected chi connectivity index (χ1v) is 10.7. The van der Waals surface area contributed by atoms with Gasteiger partial charge in [-0.2, -0.15) is 0 Å². The maximum atomic E-state index is 12.1. The number of fused-ring (bicyclic) bond motifs is 2. The predicted molar refractivity (Wildman–Crippen MR) is 145 cm³/mol. The maximum absolute atomic E-state index is 12.1. The Morgan fingerprint density at radius 3 is 2.17 bits per heavy atom. The molecule has 11 heteroatoms. The Labute approximate surface area is 213 Å². The van der Waals surface area contributed by atoms with E-state index in [4.69, 9.17) is 15.9 Å². The molecule has 4 rings (SSSR count). The van der Waals surface area contributed by atoms with Crippen molar-refractivity contribution in [3.63, 3.8) is 0 Å². The molecule has 0 spiro atoms. The van der Waals surface area contributed by atoms with Gasteiger partial charge >= 0.3 is 11.9 Å². The largest absolute Gasteiger partial charge is 0.477 e. The number of nitrogen functional groups attached to an aromatic ring is 1. The van der Waals surface area contributed by atoms with Crippen molar-refractivity contribution in [1.29, 1.82) is 0 Å². The lowest BCUT2D eigenvalue weighted by Crippen LogP contribution is -2.17. The molecular weight excluding hydrogens is 486 g/mol. The van der Waals surface area contributed by atoms with Gasteiger partial charge < -0.3 is 31.1 Å². The summed E-state index contributed by atoms with van der Waals surface area (Å²) in [7, 11) is 5.43. The standard InChI is InChI=1S/C13H14N2O3.C12H13N3O2.ClH/c1-7-10(13(17)18)14-11-8(12(7)16)5-4-6-9(11)15(2)3;1-6-9(14-2)7-4-3-5-8(13)11(7)15-10(6)12(16)17;/h4-6H,1-3H3,(H,14,16)(H,17,18);3-5H,13H2,1-2H3,(H,14,15)(H,16,17);1H. The van der Waals surface area contributed by atoms with Crippen molar-refractivity contribution in [1.82, 2.24) is 9.97 Å². The Morgan fingerprint density at radius 2 is 1.61 bits per heavy atom. The van der Waals surface area contributed by atoms with E-state index in [0.29, 0.717) is 27.7 Å². The molecule has 10 nitrogen and oxygen atoms in total. The van der Waals surface area contributed by atoms with Gasteiger partial charge in [0, 0.05) is 48.7 Å². The lowest BCUT2D eigenvalue weighted by atomic mass is 10.1. The average Bonchev–Trinajstić information content (AvgIpc) is 2.81. The van der Waals surface area contributed by atoms with Crippen LogP contribution in [0.15, 0.2) is 41.2 Å². The van der Waals surface area contributed by atoms with Crippen molar-refractivity contribution in [3.8, 4) is 0 Å². The van der Waals surface area contributed by atoms with E-state index < -0.39 is 11.9 Å². The fraction of sp³-hybridized carbons (Fsp3) is 0.200. The lowest BCUT2D eigenvalue weighted by Gasteiger charge is -2.16. The van der Waals surface area contributed by atoms with Crippen LogP contribution in [-0.4, -0.2) is 53.3 Å². The topological polar surface area (TPSA) is 162 Å². The highest BCUT2D eigenvalue weighted by Gasteiger charge is 2.17. The van der Waals surface area contributed by atoms with Crippen LogP contribution in [0.4, 0.5) is 17.1 Å². The summed E-state index contributed by atoms with van der Waals surface area (Å²) in [6, 6.07) is 10.7. The second-order valence-corrected chi connectivity index (χ2v) is 8.11. The van der Waals surface area contributed by atoms with Crippen molar-refractivity contribution in [2.75, 3.05) is 37.1 Å². The van der Waals surface area contributed by atoms with Crippen molar-refractivity contribution in [2.24, 2.45) is 0 Å². The SMILES string of the molecule is CNc1c(C)c(C(=O)O)nc2c(N)cccc12.Cc1c(C(=O)O)[nH]c2c(N(C)C)cccc2c1=O.Cl. The van der Waals surface area contributed by atoms with E-state index in [-0.39, 0.29) is 34.8 Å². The van der Waals surface area contributed by atoms with Gasteiger partial charge in [-0.3, -0.25) is 4.79 Å². The first-order valence-electron chi connectivity index (χ1n) is 10.7. The zero-order chi connectivity index (χ0) is 26.0. The Bertz CT molecular complexity index is 1530. The van der Waals surface area contributed by atoms with Crippen LogP contribution in [0.25, 0.3) is 21.8 Å². The summed E-state index contributed by atoms with van der Waals surface area (Å²) in [5.74, 6) is -2.18. The number of nitrogens with zero attached hydrogens (tertiary/aromatic N) is 2. The molecule has 0 aliphatic heterocycles. The second kappa shape index (κ2) is 11.0. The van der Waals surface area contributed by atoms with Crippen LogP contribution in [0, 0.1) is 13.8 Å². The van der Waals surface area contributed by atoms with Crippen LogP contribution in [0.2, 0.25) is 0 Å². The number of halogens is 1. The third-order valence-electron chi connectivity index (χ3n) is 5.69. The lowest BCUT2D eigenvalue weighted by molar-refractivity contribution is 0.0679. The normalized spacial score (nSPS) is 10.2. The Kier molecular flexibility index (Phi) is 8.50. The van der Waals surface area contributed by atoms with Gasteiger partial charge in [0.05, 0.1) is 22.4 Å². The monoisotopic (exact) mass is 513 g/mol. The number of nitrogens with two attached hydrogens (primary N) is 1. The van der Waals surface area contributed by atoms with Crippen molar-refractivity contribution >= 4 is 63.2 Å². The van der Waals surface area contributed by atoms with E-state index in [2.05, 4.69) is 15.3 Å². The molecule has 0 bridgehead atoms. The molecule has 2 aromatic heterocycles. The van der Waals surface area contributed by atoms with E-state index in [1.807, 2.05) is 37.2 Å². The smallest absolute Gasteiger partial charge is 0.354 e. The predicted octanol–water partition coefficient (Wildman–Crippen LogP) is 3.89. The van der Waals surface area contributed by atoms with E-state index >= 15 is 0 Å². The molecule has 190 valence electrons. The molecule has 0 saturated carbocycles. The van der Waals surface area contributed by atoms with Gasteiger partial charge in [0.25, 0.3) is 0 Å². The van der Waals surface area contributed by atoms with Crippen LogP contribution in [-0.2, 0) is 0 Å². The first kappa shape index (κ1) is 27.9. The van der Waals surface area contributed by atoms with Crippen LogP contribution in [0.5, 0.6) is 0 Å². The Balaban J connectivity index is 0.000000247. The number of aromatic carboxylic acids is 2. The molecule has 4 aromatic rings. The molecule has 0 aliphatic carbocycles. The minimum Gasteiger partial charge on any atom is -0.477 e. The third kappa shape index (κ3) is 5.03. The van der Waals surface area contributed by atoms with Gasteiger partial charge in [-0.05, 0) is 32.0 Å².